The number of amides is 1. The first kappa shape index (κ1) is 15.3. The van der Waals surface area contributed by atoms with E-state index in [4.69, 9.17) is 4.74 Å². The van der Waals surface area contributed by atoms with Gasteiger partial charge in [0.1, 0.15) is 0 Å². The van der Waals surface area contributed by atoms with Crippen molar-refractivity contribution >= 4 is 6.09 Å². The van der Waals surface area contributed by atoms with Crippen LogP contribution in [-0.2, 0) is 4.74 Å². The third kappa shape index (κ3) is 4.16. The largest absolute Gasteiger partial charge is 0.449 e. The van der Waals surface area contributed by atoms with E-state index in [-0.39, 0.29) is 11.6 Å². The molecule has 0 N–H and O–H groups in total. The Morgan fingerprint density at radius 1 is 1.17 bits per heavy atom. The number of unbranched alkanes of at least 4 members (excludes halogenated alkanes) is 1. The lowest BCUT2D eigenvalue weighted by atomic mass is 9.98. The first-order valence-corrected chi connectivity index (χ1v) is 7.18. The highest BCUT2D eigenvalue weighted by Crippen LogP contribution is 2.20. The SMILES string of the molecule is CCCCOC(=O)N1CCN(C(C)(C)CC)CC1. The van der Waals surface area contributed by atoms with Gasteiger partial charge in [0.05, 0.1) is 6.61 Å². The van der Waals surface area contributed by atoms with Gasteiger partial charge in [0.25, 0.3) is 0 Å². The van der Waals surface area contributed by atoms with Gasteiger partial charge in [-0.05, 0) is 26.7 Å². The Morgan fingerprint density at radius 3 is 2.28 bits per heavy atom. The molecular weight excluding hydrogens is 228 g/mol. The molecule has 0 aromatic carbocycles. The second kappa shape index (κ2) is 6.98. The van der Waals surface area contributed by atoms with Crippen LogP contribution in [0, 0.1) is 0 Å². The molecule has 0 atom stereocenters. The Morgan fingerprint density at radius 2 is 1.78 bits per heavy atom. The molecule has 1 heterocycles. The molecule has 1 rings (SSSR count). The maximum Gasteiger partial charge on any atom is 0.409 e. The van der Waals surface area contributed by atoms with Gasteiger partial charge in [-0.1, -0.05) is 20.3 Å². The summed E-state index contributed by atoms with van der Waals surface area (Å²) in [4.78, 5) is 16.1. The Labute approximate surface area is 111 Å². The van der Waals surface area contributed by atoms with Crippen molar-refractivity contribution in [3.05, 3.63) is 0 Å². The second-order valence-corrected chi connectivity index (χ2v) is 5.61. The van der Waals surface area contributed by atoms with E-state index in [9.17, 15) is 4.79 Å². The van der Waals surface area contributed by atoms with Crippen molar-refractivity contribution in [1.82, 2.24) is 9.80 Å². The van der Waals surface area contributed by atoms with E-state index in [0.717, 1.165) is 45.4 Å². The Kier molecular flexibility index (Phi) is 5.93. The van der Waals surface area contributed by atoms with Crippen molar-refractivity contribution in [2.75, 3.05) is 32.8 Å². The highest BCUT2D eigenvalue weighted by Gasteiger charge is 2.30. The standard InChI is InChI=1S/C14H28N2O2/c1-5-7-12-18-13(17)15-8-10-16(11-9-15)14(3,4)6-2/h5-12H2,1-4H3. The fourth-order valence-electron chi connectivity index (χ4n) is 2.11. The minimum atomic E-state index is -0.141. The number of carbonyl (C=O) groups is 1. The highest BCUT2D eigenvalue weighted by molar-refractivity contribution is 5.67. The van der Waals surface area contributed by atoms with E-state index in [1.807, 2.05) is 4.90 Å². The maximum absolute atomic E-state index is 11.8. The molecule has 4 heteroatoms. The quantitative estimate of drug-likeness (QED) is 0.709. The minimum Gasteiger partial charge on any atom is -0.449 e. The Balaban J connectivity index is 2.32. The summed E-state index contributed by atoms with van der Waals surface area (Å²) >= 11 is 0. The number of rotatable bonds is 5. The minimum absolute atomic E-state index is 0.141. The summed E-state index contributed by atoms with van der Waals surface area (Å²) in [6, 6.07) is 0. The van der Waals surface area contributed by atoms with E-state index in [1.165, 1.54) is 0 Å². The lowest BCUT2D eigenvalue weighted by Gasteiger charge is -2.43. The summed E-state index contributed by atoms with van der Waals surface area (Å²) in [5.74, 6) is 0. The van der Waals surface area contributed by atoms with Gasteiger partial charge < -0.3 is 9.64 Å². The summed E-state index contributed by atoms with van der Waals surface area (Å²) in [6.07, 6.45) is 3.01. The summed E-state index contributed by atoms with van der Waals surface area (Å²) in [7, 11) is 0. The zero-order valence-corrected chi connectivity index (χ0v) is 12.4. The van der Waals surface area contributed by atoms with E-state index < -0.39 is 0 Å². The van der Waals surface area contributed by atoms with Gasteiger partial charge in [-0.15, -0.1) is 0 Å². The van der Waals surface area contributed by atoms with Crippen molar-refractivity contribution in [3.63, 3.8) is 0 Å². The molecule has 106 valence electrons. The van der Waals surface area contributed by atoms with Crippen LogP contribution in [-0.4, -0.2) is 54.2 Å². The molecular formula is C14H28N2O2. The van der Waals surface area contributed by atoms with E-state index >= 15 is 0 Å². The maximum atomic E-state index is 11.8. The summed E-state index contributed by atoms with van der Waals surface area (Å²) in [5.41, 5.74) is 0.234. The van der Waals surface area contributed by atoms with E-state index in [0.29, 0.717) is 6.61 Å². The zero-order valence-electron chi connectivity index (χ0n) is 12.4. The van der Waals surface area contributed by atoms with E-state index in [2.05, 4.69) is 32.6 Å². The number of piperazine rings is 1. The number of ether oxygens (including phenoxy) is 1. The molecule has 1 saturated heterocycles. The number of hydrogen-bond acceptors (Lipinski definition) is 3. The highest BCUT2D eigenvalue weighted by atomic mass is 16.6. The van der Waals surface area contributed by atoms with Crippen LogP contribution in [0.1, 0.15) is 47.0 Å². The summed E-state index contributed by atoms with van der Waals surface area (Å²) in [6.45, 7) is 12.9. The topological polar surface area (TPSA) is 32.8 Å². The number of nitrogens with zero attached hydrogens (tertiary/aromatic N) is 2. The predicted octanol–water partition coefficient (Wildman–Crippen LogP) is 2.73. The Bertz CT molecular complexity index is 259. The van der Waals surface area contributed by atoms with Crippen molar-refractivity contribution in [1.29, 1.82) is 0 Å². The van der Waals surface area contributed by atoms with Crippen molar-refractivity contribution in [3.8, 4) is 0 Å². The number of hydrogen-bond donors (Lipinski definition) is 0. The molecule has 1 aliphatic heterocycles. The molecule has 18 heavy (non-hydrogen) atoms. The second-order valence-electron chi connectivity index (χ2n) is 5.61. The molecule has 1 aliphatic rings. The van der Waals surface area contributed by atoms with Crippen LogP contribution in [0.5, 0.6) is 0 Å². The lowest BCUT2D eigenvalue weighted by molar-refractivity contribution is 0.0377. The first-order chi connectivity index (χ1) is 8.51. The number of carbonyl (C=O) groups excluding carboxylic acids is 1. The average Bonchev–Trinajstić information content (AvgIpc) is 2.39. The van der Waals surface area contributed by atoms with Crippen LogP contribution in [0.4, 0.5) is 4.79 Å². The summed E-state index contributed by atoms with van der Waals surface area (Å²) in [5, 5.41) is 0. The molecule has 0 aromatic rings. The Hall–Kier alpha value is -0.770. The third-order valence-electron chi connectivity index (χ3n) is 3.98. The molecule has 0 radical (unpaired) electrons. The van der Waals surface area contributed by atoms with Gasteiger partial charge in [0, 0.05) is 31.7 Å². The molecule has 1 amide bonds. The van der Waals surface area contributed by atoms with Gasteiger partial charge in [-0.3, -0.25) is 4.90 Å². The molecule has 0 unspecified atom stereocenters. The smallest absolute Gasteiger partial charge is 0.409 e. The molecule has 0 aliphatic carbocycles. The molecule has 4 nitrogen and oxygen atoms in total. The first-order valence-electron chi connectivity index (χ1n) is 7.18. The van der Waals surface area contributed by atoms with Gasteiger partial charge in [-0.25, -0.2) is 4.79 Å². The lowest BCUT2D eigenvalue weighted by Crippen LogP contribution is -2.55. The van der Waals surface area contributed by atoms with Gasteiger partial charge in [-0.2, -0.15) is 0 Å². The van der Waals surface area contributed by atoms with Crippen molar-refractivity contribution in [2.45, 2.75) is 52.5 Å². The van der Waals surface area contributed by atoms with Gasteiger partial charge in [0.2, 0.25) is 0 Å². The van der Waals surface area contributed by atoms with Crippen LogP contribution in [0.25, 0.3) is 0 Å². The van der Waals surface area contributed by atoms with Gasteiger partial charge >= 0.3 is 6.09 Å². The zero-order chi connectivity index (χ0) is 13.6. The molecule has 0 spiro atoms. The summed E-state index contributed by atoms with van der Waals surface area (Å²) < 4.78 is 5.24. The fourth-order valence-corrected chi connectivity index (χ4v) is 2.11. The van der Waals surface area contributed by atoms with Crippen molar-refractivity contribution in [2.24, 2.45) is 0 Å². The third-order valence-corrected chi connectivity index (χ3v) is 3.98. The van der Waals surface area contributed by atoms with Crippen LogP contribution in [0.3, 0.4) is 0 Å². The van der Waals surface area contributed by atoms with Gasteiger partial charge in [0.15, 0.2) is 0 Å². The molecule has 1 fully saturated rings. The monoisotopic (exact) mass is 256 g/mol. The average molecular weight is 256 g/mol. The van der Waals surface area contributed by atoms with E-state index in [1.54, 1.807) is 0 Å². The van der Waals surface area contributed by atoms with Crippen LogP contribution >= 0.6 is 0 Å². The molecule has 0 aromatic heterocycles. The predicted molar refractivity (Wildman–Crippen MR) is 73.8 cm³/mol. The van der Waals surface area contributed by atoms with Crippen molar-refractivity contribution < 1.29 is 9.53 Å². The fraction of sp³-hybridized carbons (Fsp3) is 0.929. The molecule has 0 bridgehead atoms. The van der Waals surface area contributed by atoms with Crippen LogP contribution in [0.2, 0.25) is 0 Å². The normalized spacial score (nSPS) is 17.9. The molecule has 0 saturated carbocycles. The van der Waals surface area contributed by atoms with Crippen LogP contribution in [0.15, 0.2) is 0 Å². The van der Waals surface area contributed by atoms with Crippen LogP contribution < -0.4 is 0 Å².